The number of H-pyrrole nitrogens is 1. The molecule has 0 aliphatic rings. The largest absolute Gasteiger partial charge is 0.368 e. The second-order valence-corrected chi connectivity index (χ2v) is 6.17. The van der Waals surface area contributed by atoms with E-state index >= 15 is 0 Å². The lowest BCUT2D eigenvalue weighted by atomic mass is 10.2. The van der Waals surface area contributed by atoms with Gasteiger partial charge >= 0.3 is 0 Å². The smallest absolute Gasteiger partial charge is 0.242 e. The molecule has 0 bridgehead atoms. The highest BCUT2D eigenvalue weighted by atomic mass is 15.3. The first-order chi connectivity index (χ1) is 13.2. The molecule has 5 aromatic rings. The van der Waals surface area contributed by atoms with Crippen LogP contribution in [0.15, 0.2) is 54.7 Å². The van der Waals surface area contributed by atoms with Gasteiger partial charge in [0.25, 0.3) is 0 Å². The Bertz CT molecular complexity index is 1260. The van der Waals surface area contributed by atoms with Crippen molar-refractivity contribution in [3.8, 4) is 5.95 Å². The van der Waals surface area contributed by atoms with Crippen LogP contribution < -0.4 is 11.1 Å². The van der Waals surface area contributed by atoms with Crippen LogP contribution in [0.5, 0.6) is 0 Å². The zero-order valence-electron chi connectivity index (χ0n) is 14.5. The summed E-state index contributed by atoms with van der Waals surface area (Å²) >= 11 is 0. The highest BCUT2D eigenvalue weighted by Crippen LogP contribution is 2.29. The van der Waals surface area contributed by atoms with Crippen molar-refractivity contribution in [2.75, 3.05) is 11.1 Å². The Morgan fingerprint density at radius 1 is 0.963 bits per heavy atom. The molecule has 5 rings (SSSR count). The van der Waals surface area contributed by atoms with Crippen LogP contribution >= 0.6 is 0 Å². The number of para-hydroxylation sites is 2. The Morgan fingerprint density at radius 2 is 1.85 bits per heavy atom. The number of nitrogens with one attached hydrogen (secondary N) is 2. The van der Waals surface area contributed by atoms with Gasteiger partial charge < -0.3 is 16.0 Å². The van der Waals surface area contributed by atoms with E-state index in [9.17, 15) is 0 Å². The molecule has 8 nitrogen and oxygen atoms in total. The van der Waals surface area contributed by atoms with Crippen LogP contribution in [0, 0.1) is 6.92 Å². The van der Waals surface area contributed by atoms with E-state index in [1.165, 1.54) is 0 Å². The van der Waals surface area contributed by atoms with Crippen LogP contribution in [0.25, 0.3) is 27.9 Å². The Kier molecular flexibility index (Phi) is 3.29. The van der Waals surface area contributed by atoms with Crippen LogP contribution in [-0.4, -0.2) is 29.5 Å². The van der Waals surface area contributed by atoms with Crippen molar-refractivity contribution in [2.45, 2.75) is 6.92 Å². The highest BCUT2D eigenvalue weighted by molar-refractivity contribution is 5.94. The first-order valence-electron chi connectivity index (χ1n) is 8.48. The number of nitrogens with zero attached hydrogens (tertiary/aromatic N) is 5. The number of fused-ring (bicyclic) bond motifs is 2. The van der Waals surface area contributed by atoms with E-state index in [1.807, 2.05) is 59.3 Å². The van der Waals surface area contributed by atoms with Crippen LogP contribution in [0.2, 0.25) is 0 Å². The molecule has 4 N–H and O–H groups in total. The lowest BCUT2D eigenvalue weighted by Crippen LogP contribution is -2.10. The second kappa shape index (κ2) is 5.80. The number of rotatable bonds is 3. The van der Waals surface area contributed by atoms with Gasteiger partial charge in [-0.1, -0.05) is 18.2 Å². The molecule has 0 fully saturated rings. The molecular weight excluding hydrogens is 340 g/mol. The Hall–Kier alpha value is -3.94. The number of imidazole rings is 1. The molecule has 0 aliphatic heterocycles. The lowest BCUT2D eigenvalue weighted by Gasteiger charge is -2.11. The average molecular weight is 356 g/mol. The van der Waals surface area contributed by atoms with Crippen molar-refractivity contribution in [1.82, 2.24) is 29.5 Å². The molecule has 8 heteroatoms. The molecule has 0 saturated carbocycles. The lowest BCUT2D eigenvalue weighted by molar-refractivity contribution is 0.894. The first kappa shape index (κ1) is 15.3. The zero-order valence-corrected chi connectivity index (χ0v) is 14.5. The monoisotopic (exact) mass is 356 g/mol. The third-order valence-corrected chi connectivity index (χ3v) is 4.35. The quantitative estimate of drug-likeness (QED) is 0.457. The fraction of sp³-hybridized carbons (Fsp3) is 0.0526. The minimum atomic E-state index is 0.175. The number of aromatic amines is 1. The summed E-state index contributed by atoms with van der Waals surface area (Å²) in [6.45, 7) is 1.79. The van der Waals surface area contributed by atoms with Gasteiger partial charge in [-0.05, 0) is 37.3 Å². The molecule has 27 heavy (non-hydrogen) atoms. The van der Waals surface area contributed by atoms with Crippen molar-refractivity contribution in [1.29, 1.82) is 0 Å². The second-order valence-electron chi connectivity index (χ2n) is 6.17. The summed E-state index contributed by atoms with van der Waals surface area (Å²) in [6, 6.07) is 15.9. The fourth-order valence-corrected chi connectivity index (χ4v) is 3.22. The molecule has 3 aromatic heterocycles. The summed E-state index contributed by atoms with van der Waals surface area (Å²) in [6.07, 6.45) is 1.91. The van der Waals surface area contributed by atoms with Gasteiger partial charge in [0.15, 0.2) is 0 Å². The molecule has 0 aliphatic carbocycles. The highest BCUT2D eigenvalue weighted by Gasteiger charge is 2.16. The molecule has 132 valence electrons. The maximum Gasteiger partial charge on any atom is 0.242 e. The SMILES string of the molecule is Cc1nc(N)nc(-n2c(Nc3cccc4[nH]ccc34)nc3ccccc32)n1. The number of aromatic nitrogens is 6. The van der Waals surface area contributed by atoms with Crippen molar-refractivity contribution in [3.63, 3.8) is 0 Å². The predicted octanol–water partition coefficient (Wildman–Crippen LogP) is 3.33. The first-order valence-corrected chi connectivity index (χ1v) is 8.48. The van der Waals surface area contributed by atoms with Gasteiger partial charge in [-0.2, -0.15) is 15.0 Å². The molecular formula is C19H16N8. The Balaban J connectivity index is 1.73. The Morgan fingerprint density at radius 3 is 2.74 bits per heavy atom. The van der Waals surface area contributed by atoms with Crippen LogP contribution in [-0.2, 0) is 0 Å². The van der Waals surface area contributed by atoms with E-state index in [2.05, 4.69) is 25.3 Å². The van der Waals surface area contributed by atoms with Gasteiger partial charge in [0.2, 0.25) is 17.8 Å². The van der Waals surface area contributed by atoms with Gasteiger partial charge in [-0.25, -0.2) is 9.55 Å². The third-order valence-electron chi connectivity index (χ3n) is 4.35. The normalized spacial score (nSPS) is 11.3. The van der Waals surface area contributed by atoms with Crippen LogP contribution in [0.4, 0.5) is 17.6 Å². The number of hydrogen-bond acceptors (Lipinski definition) is 6. The summed E-state index contributed by atoms with van der Waals surface area (Å²) in [7, 11) is 0. The van der Waals surface area contributed by atoms with E-state index in [0.29, 0.717) is 17.7 Å². The van der Waals surface area contributed by atoms with Gasteiger partial charge in [-0.15, -0.1) is 0 Å². The molecule has 0 spiro atoms. The third kappa shape index (κ3) is 2.54. The number of nitrogen functional groups attached to an aromatic ring is 1. The summed E-state index contributed by atoms with van der Waals surface area (Å²) < 4.78 is 1.85. The van der Waals surface area contributed by atoms with E-state index < -0.39 is 0 Å². The molecule has 0 radical (unpaired) electrons. The van der Waals surface area contributed by atoms with E-state index in [0.717, 1.165) is 27.6 Å². The molecule has 0 atom stereocenters. The average Bonchev–Trinajstić information content (AvgIpc) is 3.25. The van der Waals surface area contributed by atoms with Crippen molar-refractivity contribution in [2.24, 2.45) is 0 Å². The summed E-state index contributed by atoms with van der Waals surface area (Å²) in [5.41, 5.74) is 9.54. The number of hydrogen-bond donors (Lipinski definition) is 3. The topological polar surface area (TPSA) is 110 Å². The van der Waals surface area contributed by atoms with Crippen LogP contribution in [0.3, 0.4) is 0 Å². The maximum atomic E-state index is 5.85. The fourth-order valence-electron chi connectivity index (χ4n) is 3.22. The zero-order chi connectivity index (χ0) is 18.4. The van der Waals surface area contributed by atoms with Gasteiger partial charge in [0.1, 0.15) is 5.82 Å². The van der Waals surface area contributed by atoms with Gasteiger partial charge in [0, 0.05) is 17.1 Å². The van der Waals surface area contributed by atoms with Gasteiger partial charge in [-0.3, -0.25) is 0 Å². The maximum absolute atomic E-state index is 5.85. The van der Waals surface area contributed by atoms with E-state index in [4.69, 9.17) is 10.7 Å². The van der Waals surface area contributed by atoms with Gasteiger partial charge in [0.05, 0.1) is 16.7 Å². The Labute approximate surface area is 154 Å². The van der Waals surface area contributed by atoms with Crippen molar-refractivity contribution < 1.29 is 0 Å². The number of nitrogens with two attached hydrogens (primary N) is 1. The molecule has 3 heterocycles. The van der Waals surface area contributed by atoms with E-state index in [-0.39, 0.29) is 5.95 Å². The molecule has 2 aromatic carbocycles. The summed E-state index contributed by atoms with van der Waals surface area (Å²) in [5, 5.41) is 4.49. The summed E-state index contributed by atoms with van der Waals surface area (Å²) in [5.74, 6) is 1.76. The minimum Gasteiger partial charge on any atom is -0.368 e. The number of anilines is 3. The standard InChI is InChI=1S/C19H16N8/c1-11-22-17(20)26-18(23-11)27-16-8-3-2-5-15(16)25-19(27)24-14-7-4-6-13-12(14)9-10-21-13/h2-10,21H,1H3,(H,24,25)(H2,20,22,23,26). The minimum absolute atomic E-state index is 0.175. The molecule has 0 amide bonds. The molecule has 0 saturated heterocycles. The number of aryl methyl sites for hydroxylation is 1. The van der Waals surface area contributed by atoms with Crippen molar-refractivity contribution in [3.05, 3.63) is 60.6 Å². The van der Waals surface area contributed by atoms with E-state index in [1.54, 1.807) is 6.92 Å². The molecule has 0 unspecified atom stereocenters. The number of benzene rings is 2. The van der Waals surface area contributed by atoms with Crippen LogP contribution in [0.1, 0.15) is 5.82 Å². The predicted molar refractivity (Wildman–Crippen MR) is 105 cm³/mol. The van der Waals surface area contributed by atoms with Crippen molar-refractivity contribution >= 4 is 39.5 Å². The summed E-state index contributed by atoms with van der Waals surface area (Å²) in [4.78, 5) is 20.8.